The molecule has 1 nitrogen and oxygen atoms in total. The van der Waals surface area contributed by atoms with E-state index in [0.29, 0.717) is 0 Å². The van der Waals surface area contributed by atoms with Gasteiger partial charge in [-0.25, -0.2) is 0 Å². The van der Waals surface area contributed by atoms with Gasteiger partial charge in [-0.15, -0.1) is 0 Å². The summed E-state index contributed by atoms with van der Waals surface area (Å²) < 4.78 is 43.5. The fourth-order valence-corrected chi connectivity index (χ4v) is 6.00. The number of phenolic OH excluding ortho intramolecular Hbond substituents is 1. The van der Waals surface area contributed by atoms with Gasteiger partial charge in [0.1, 0.15) is 5.75 Å². The molecule has 0 radical (unpaired) electrons. The van der Waals surface area contributed by atoms with Crippen LogP contribution in [0.5, 0.6) is 5.75 Å². The van der Waals surface area contributed by atoms with Gasteiger partial charge in [0.05, 0.1) is 0 Å². The number of hydrogen-bond acceptors (Lipinski definition) is 1. The van der Waals surface area contributed by atoms with E-state index in [2.05, 4.69) is 0 Å². The van der Waals surface area contributed by atoms with Crippen LogP contribution in [0.2, 0.25) is 0 Å². The minimum atomic E-state index is -4.48. The van der Waals surface area contributed by atoms with E-state index in [4.69, 9.17) is 0 Å². The minimum absolute atomic E-state index is 0.0599. The van der Waals surface area contributed by atoms with E-state index in [1.807, 2.05) is 0 Å². The third-order valence-corrected chi connectivity index (χ3v) is 7.36. The molecule has 0 atom stereocenters. The molecule has 0 saturated carbocycles. The van der Waals surface area contributed by atoms with Gasteiger partial charge in [0, 0.05) is 14.7 Å². The van der Waals surface area contributed by atoms with Gasteiger partial charge >= 0.3 is 5.51 Å². The van der Waals surface area contributed by atoms with Crippen molar-refractivity contribution in [2.75, 3.05) is 0 Å². The molecule has 5 heteroatoms. The lowest BCUT2D eigenvalue weighted by Crippen LogP contribution is -2.22. The summed E-state index contributed by atoms with van der Waals surface area (Å²) in [6.45, 7) is 0. The second-order valence-corrected chi connectivity index (χ2v) is 8.28. The van der Waals surface area contributed by atoms with Crippen molar-refractivity contribution in [3.8, 4) is 5.75 Å². The number of halogens is 3. The first-order valence-electron chi connectivity index (χ1n) is 7.25. The molecule has 0 amide bonds. The van der Waals surface area contributed by atoms with E-state index >= 15 is 0 Å². The molecule has 1 N–H and O–H groups in total. The maximum absolute atomic E-state index is 14.5. The molecule has 0 aliphatic rings. The number of aromatic hydroxyl groups is 1. The fraction of sp³-hybridized carbons (Fsp3) is 0.0526. The molecule has 0 aliphatic carbocycles. The third kappa shape index (κ3) is 2.65. The summed E-state index contributed by atoms with van der Waals surface area (Å²) in [7, 11) is -3.48. The van der Waals surface area contributed by atoms with Gasteiger partial charge in [-0.05, 0) is 48.5 Å². The second kappa shape index (κ2) is 6.24. The fourth-order valence-electron chi connectivity index (χ4n) is 2.71. The van der Waals surface area contributed by atoms with Gasteiger partial charge in [0.2, 0.25) is 0 Å². The Balaban J connectivity index is 2.40. The first-order chi connectivity index (χ1) is 11.5. The van der Waals surface area contributed by atoms with E-state index < -0.39 is 15.5 Å². The van der Waals surface area contributed by atoms with Gasteiger partial charge in [-0.2, -0.15) is 13.2 Å². The van der Waals surface area contributed by atoms with Crippen molar-refractivity contribution in [2.45, 2.75) is 20.2 Å². The lowest BCUT2D eigenvalue weighted by atomic mass is 10.3. The molecule has 0 fully saturated rings. The number of phenols is 1. The highest BCUT2D eigenvalue weighted by Crippen LogP contribution is 2.77. The topological polar surface area (TPSA) is 20.2 Å². The average molecular weight is 348 g/mol. The molecule has 0 aliphatic heterocycles. The Labute approximate surface area is 139 Å². The molecule has 3 aromatic carbocycles. The Kier molecular flexibility index (Phi) is 4.28. The van der Waals surface area contributed by atoms with Gasteiger partial charge in [0.25, 0.3) is 0 Å². The zero-order valence-corrected chi connectivity index (χ0v) is 13.4. The predicted octanol–water partition coefficient (Wildman–Crippen LogP) is 6.19. The molecule has 0 spiro atoms. The molecular formula is C19H15F3OS. The number of hydrogen-bond donors (Lipinski definition) is 1. The highest BCUT2D eigenvalue weighted by molar-refractivity contribution is 8.34. The van der Waals surface area contributed by atoms with Crippen molar-refractivity contribution in [2.24, 2.45) is 0 Å². The van der Waals surface area contributed by atoms with Crippen LogP contribution in [-0.4, -0.2) is 10.6 Å². The van der Waals surface area contributed by atoms with Crippen LogP contribution in [0.15, 0.2) is 99.6 Å². The molecule has 0 aromatic heterocycles. The van der Waals surface area contributed by atoms with E-state index in [1.165, 1.54) is 48.5 Å². The van der Waals surface area contributed by atoms with E-state index in [9.17, 15) is 18.3 Å². The Hall–Kier alpha value is -2.40. The monoisotopic (exact) mass is 348 g/mol. The SMILES string of the molecule is Oc1ccc(S(c2ccccc2)(c2ccccc2)C(F)(F)F)cc1. The van der Waals surface area contributed by atoms with E-state index in [1.54, 1.807) is 36.4 Å². The van der Waals surface area contributed by atoms with Crippen molar-refractivity contribution in [3.63, 3.8) is 0 Å². The molecule has 0 heterocycles. The molecule has 124 valence electrons. The van der Waals surface area contributed by atoms with Crippen LogP contribution in [-0.2, 0) is 0 Å². The Morgan fingerprint density at radius 3 is 1.33 bits per heavy atom. The third-order valence-electron chi connectivity index (χ3n) is 3.73. The minimum Gasteiger partial charge on any atom is -0.508 e. The standard InChI is InChI=1S/C19H15F3OS/c20-19(21,22)24(16-7-3-1-4-8-16,17-9-5-2-6-10-17)18-13-11-15(23)12-14-18/h1-14,23H. The zero-order chi connectivity index (χ0) is 17.2. The Morgan fingerprint density at radius 2 is 0.958 bits per heavy atom. The molecular weight excluding hydrogens is 333 g/mol. The average Bonchev–Trinajstić information content (AvgIpc) is 2.58. The van der Waals surface area contributed by atoms with Gasteiger partial charge < -0.3 is 5.11 Å². The van der Waals surface area contributed by atoms with Crippen LogP contribution in [0.3, 0.4) is 0 Å². The number of alkyl halides is 3. The molecule has 3 rings (SSSR count). The first-order valence-corrected chi connectivity index (χ1v) is 8.88. The zero-order valence-electron chi connectivity index (χ0n) is 12.6. The highest BCUT2D eigenvalue weighted by atomic mass is 32.3. The van der Waals surface area contributed by atoms with Crippen molar-refractivity contribution in [1.29, 1.82) is 0 Å². The summed E-state index contributed by atoms with van der Waals surface area (Å²) in [5.41, 5.74) is -4.48. The number of rotatable bonds is 3. The molecule has 0 unspecified atom stereocenters. The van der Waals surface area contributed by atoms with Crippen LogP contribution in [0, 0.1) is 0 Å². The Morgan fingerprint density at radius 1 is 0.583 bits per heavy atom. The van der Waals surface area contributed by atoms with E-state index in [-0.39, 0.29) is 20.4 Å². The molecule has 24 heavy (non-hydrogen) atoms. The van der Waals surface area contributed by atoms with Crippen molar-refractivity contribution in [1.82, 2.24) is 0 Å². The number of benzene rings is 3. The predicted molar refractivity (Wildman–Crippen MR) is 89.4 cm³/mol. The lowest BCUT2D eigenvalue weighted by Gasteiger charge is -2.42. The second-order valence-electron chi connectivity index (χ2n) is 5.18. The molecule has 0 bridgehead atoms. The maximum atomic E-state index is 14.5. The summed E-state index contributed by atoms with van der Waals surface area (Å²) in [5.74, 6) is -0.0599. The van der Waals surface area contributed by atoms with Crippen LogP contribution < -0.4 is 0 Å². The lowest BCUT2D eigenvalue weighted by molar-refractivity contribution is -0.0386. The quantitative estimate of drug-likeness (QED) is 0.598. The smallest absolute Gasteiger partial charge is 0.437 e. The summed E-state index contributed by atoms with van der Waals surface area (Å²) in [4.78, 5) is 0.578. The maximum Gasteiger partial charge on any atom is 0.437 e. The van der Waals surface area contributed by atoms with Gasteiger partial charge in [-0.1, -0.05) is 46.4 Å². The van der Waals surface area contributed by atoms with Crippen LogP contribution in [0.4, 0.5) is 13.2 Å². The van der Waals surface area contributed by atoms with Crippen LogP contribution in [0.25, 0.3) is 0 Å². The highest BCUT2D eigenvalue weighted by Gasteiger charge is 2.53. The van der Waals surface area contributed by atoms with Crippen molar-refractivity contribution < 1.29 is 18.3 Å². The Bertz CT molecular complexity index is 760. The van der Waals surface area contributed by atoms with Crippen molar-refractivity contribution >= 4 is 10.0 Å². The summed E-state index contributed by atoms with van der Waals surface area (Å²) in [6, 6.07) is 21.3. The van der Waals surface area contributed by atoms with Gasteiger partial charge in [-0.3, -0.25) is 0 Å². The normalized spacial score (nSPS) is 12.8. The van der Waals surface area contributed by atoms with Gasteiger partial charge in [0.15, 0.2) is 0 Å². The van der Waals surface area contributed by atoms with Crippen LogP contribution >= 0.6 is 10.0 Å². The van der Waals surface area contributed by atoms with E-state index in [0.717, 1.165) is 0 Å². The first kappa shape index (κ1) is 16.5. The summed E-state index contributed by atoms with van der Waals surface area (Å²) >= 11 is 0. The van der Waals surface area contributed by atoms with Crippen LogP contribution in [0.1, 0.15) is 0 Å². The largest absolute Gasteiger partial charge is 0.508 e. The summed E-state index contributed by atoms with van der Waals surface area (Å²) in [6.07, 6.45) is 0. The molecule has 0 saturated heterocycles. The summed E-state index contributed by atoms with van der Waals surface area (Å²) in [5, 5.41) is 9.49. The van der Waals surface area contributed by atoms with Crippen molar-refractivity contribution in [3.05, 3.63) is 84.9 Å². The molecule has 3 aromatic rings.